The van der Waals surface area contributed by atoms with Crippen molar-refractivity contribution in [3.8, 4) is 0 Å². The van der Waals surface area contributed by atoms with Crippen molar-refractivity contribution in [1.82, 2.24) is 0 Å². The molecular weight excluding hydrogens is 205 g/mol. The Kier molecular flexibility index (Phi) is 3.15. The molecule has 1 saturated heterocycles. The van der Waals surface area contributed by atoms with Gasteiger partial charge < -0.3 is 10.0 Å². The second-order valence-electron chi connectivity index (χ2n) is 4.72. The number of aliphatic hydroxyl groups is 1. The number of halogens is 1. The number of benzene rings is 1. The molecule has 1 aliphatic heterocycles. The molecule has 1 aliphatic rings. The van der Waals surface area contributed by atoms with Crippen LogP contribution in [0.1, 0.15) is 31.9 Å². The van der Waals surface area contributed by atoms with Gasteiger partial charge in [0.25, 0.3) is 0 Å². The third-order valence-corrected chi connectivity index (χ3v) is 3.20. The van der Waals surface area contributed by atoms with E-state index in [2.05, 4.69) is 11.8 Å². The van der Waals surface area contributed by atoms with Crippen molar-refractivity contribution in [2.45, 2.75) is 26.4 Å². The van der Waals surface area contributed by atoms with Crippen molar-refractivity contribution in [2.75, 3.05) is 18.0 Å². The van der Waals surface area contributed by atoms with Crippen LogP contribution in [-0.4, -0.2) is 18.2 Å². The van der Waals surface area contributed by atoms with Gasteiger partial charge in [0.1, 0.15) is 5.82 Å². The van der Waals surface area contributed by atoms with Gasteiger partial charge in [-0.1, -0.05) is 6.92 Å². The largest absolute Gasteiger partial charge is 0.389 e. The van der Waals surface area contributed by atoms with Crippen LogP contribution in [0.3, 0.4) is 0 Å². The minimum Gasteiger partial charge on any atom is -0.389 e. The van der Waals surface area contributed by atoms with Crippen LogP contribution in [0.2, 0.25) is 0 Å². The van der Waals surface area contributed by atoms with E-state index in [-0.39, 0.29) is 5.82 Å². The lowest BCUT2D eigenvalue weighted by Gasteiger charge is -2.23. The van der Waals surface area contributed by atoms with Gasteiger partial charge in [-0.3, -0.25) is 0 Å². The summed E-state index contributed by atoms with van der Waals surface area (Å²) in [6, 6.07) is 4.67. The van der Waals surface area contributed by atoms with E-state index < -0.39 is 6.10 Å². The molecule has 1 aromatic rings. The van der Waals surface area contributed by atoms with Crippen molar-refractivity contribution in [2.24, 2.45) is 5.92 Å². The van der Waals surface area contributed by atoms with Gasteiger partial charge in [0.15, 0.2) is 0 Å². The highest BCUT2D eigenvalue weighted by Crippen LogP contribution is 2.31. The molecule has 2 atom stereocenters. The Labute approximate surface area is 95.7 Å². The van der Waals surface area contributed by atoms with Crippen LogP contribution in [0, 0.1) is 11.7 Å². The lowest BCUT2D eigenvalue weighted by atomic mass is 10.1. The van der Waals surface area contributed by atoms with E-state index in [1.807, 2.05) is 0 Å². The second-order valence-corrected chi connectivity index (χ2v) is 4.72. The standard InChI is InChI=1S/C13H18FNO/c1-9-5-6-15(8-9)13-4-3-11(14)7-12(13)10(2)16/h3-4,7,9-10,16H,5-6,8H2,1-2H3/t9?,10-/m1/s1. The van der Waals surface area contributed by atoms with Gasteiger partial charge in [-0.15, -0.1) is 0 Å². The molecule has 1 unspecified atom stereocenters. The molecular formula is C13H18FNO. The third kappa shape index (κ3) is 2.19. The summed E-state index contributed by atoms with van der Waals surface area (Å²) in [5.74, 6) is 0.388. The van der Waals surface area contributed by atoms with Crippen LogP contribution >= 0.6 is 0 Å². The van der Waals surface area contributed by atoms with Crippen molar-refractivity contribution in [3.63, 3.8) is 0 Å². The Morgan fingerprint density at radius 1 is 1.50 bits per heavy atom. The van der Waals surface area contributed by atoms with E-state index in [4.69, 9.17) is 0 Å². The van der Waals surface area contributed by atoms with E-state index >= 15 is 0 Å². The molecule has 0 aliphatic carbocycles. The van der Waals surface area contributed by atoms with Gasteiger partial charge in [-0.25, -0.2) is 4.39 Å². The SMILES string of the molecule is CC1CCN(c2ccc(F)cc2[C@@H](C)O)C1. The van der Waals surface area contributed by atoms with E-state index in [1.54, 1.807) is 13.0 Å². The van der Waals surface area contributed by atoms with Gasteiger partial charge in [-0.2, -0.15) is 0 Å². The molecule has 0 radical (unpaired) electrons. The zero-order valence-electron chi connectivity index (χ0n) is 9.78. The number of anilines is 1. The first kappa shape index (κ1) is 11.4. The molecule has 88 valence electrons. The third-order valence-electron chi connectivity index (χ3n) is 3.20. The van der Waals surface area contributed by atoms with Crippen molar-refractivity contribution in [1.29, 1.82) is 0 Å². The van der Waals surface area contributed by atoms with Crippen LogP contribution in [-0.2, 0) is 0 Å². The monoisotopic (exact) mass is 223 g/mol. The predicted octanol–water partition coefficient (Wildman–Crippen LogP) is 2.73. The molecule has 0 spiro atoms. The number of hydrogen-bond donors (Lipinski definition) is 1. The van der Waals surface area contributed by atoms with Gasteiger partial charge >= 0.3 is 0 Å². The second kappa shape index (κ2) is 4.42. The first-order chi connectivity index (χ1) is 7.58. The molecule has 1 fully saturated rings. The van der Waals surface area contributed by atoms with Gasteiger partial charge in [0, 0.05) is 24.3 Å². The summed E-state index contributed by atoms with van der Waals surface area (Å²) in [4.78, 5) is 2.23. The topological polar surface area (TPSA) is 23.5 Å². The van der Waals surface area contributed by atoms with Crippen LogP contribution in [0.4, 0.5) is 10.1 Å². The molecule has 1 N–H and O–H groups in total. The Balaban J connectivity index is 2.32. The van der Waals surface area contributed by atoms with Gasteiger partial charge in [-0.05, 0) is 37.5 Å². The molecule has 3 heteroatoms. The minimum atomic E-state index is -0.624. The fourth-order valence-electron chi connectivity index (χ4n) is 2.30. The molecule has 2 rings (SSSR count). The normalized spacial score (nSPS) is 22.5. The number of nitrogens with zero attached hydrogens (tertiary/aromatic N) is 1. The van der Waals surface area contributed by atoms with E-state index in [9.17, 15) is 9.50 Å². The maximum atomic E-state index is 13.1. The molecule has 0 bridgehead atoms. The van der Waals surface area contributed by atoms with Crippen molar-refractivity contribution in [3.05, 3.63) is 29.6 Å². The average molecular weight is 223 g/mol. The summed E-state index contributed by atoms with van der Waals surface area (Å²) in [6.45, 7) is 5.88. The summed E-state index contributed by atoms with van der Waals surface area (Å²) in [6.07, 6.45) is 0.540. The summed E-state index contributed by atoms with van der Waals surface area (Å²) in [5, 5.41) is 9.66. The summed E-state index contributed by atoms with van der Waals surface area (Å²) in [5.41, 5.74) is 1.66. The fourth-order valence-corrected chi connectivity index (χ4v) is 2.30. The molecule has 2 nitrogen and oxygen atoms in total. The summed E-state index contributed by atoms with van der Waals surface area (Å²) >= 11 is 0. The zero-order chi connectivity index (χ0) is 11.7. The highest BCUT2D eigenvalue weighted by atomic mass is 19.1. The Morgan fingerprint density at radius 2 is 2.25 bits per heavy atom. The Bertz CT molecular complexity index is 378. The molecule has 0 saturated carbocycles. The Hall–Kier alpha value is -1.09. The summed E-state index contributed by atoms with van der Waals surface area (Å²) < 4.78 is 13.1. The molecule has 0 amide bonds. The maximum Gasteiger partial charge on any atom is 0.123 e. The molecule has 1 aromatic carbocycles. The highest BCUT2D eigenvalue weighted by molar-refractivity contribution is 5.55. The van der Waals surface area contributed by atoms with E-state index in [0.717, 1.165) is 25.2 Å². The predicted molar refractivity (Wildman–Crippen MR) is 63.0 cm³/mol. The van der Waals surface area contributed by atoms with Crippen molar-refractivity contribution >= 4 is 5.69 Å². The van der Waals surface area contributed by atoms with Gasteiger partial charge in [0.05, 0.1) is 6.10 Å². The van der Waals surface area contributed by atoms with Gasteiger partial charge in [0.2, 0.25) is 0 Å². The van der Waals surface area contributed by atoms with Crippen LogP contribution in [0.15, 0.2) is 18.2 Å². The molecule has 1 heterocycles. The summed E-state index contributed by atoms with van der Waals surface area (Å²) in [7, 11) is 0. The minimum absolute atomic E-state index is 0.285. The molecule has 16 heavy (non-hydrogen) atoms. The van der Waals surface area contributed by atoms with Crippen molar-refractivity contribution < 1.29 is 9.50 Å². The number of rotatable bonds is 2. The van der Waals surface area contributed by atoms with Crippen LogP contribution in [0.5, 0.6) is 0 Å². The van der Waals surface area contributed by atoms with Crippen LogP contribution < -0.4 is 4.90 Å². The Morgan fingerprint density at radius 3 is 2.81 bits per heavy atom. The fraction of sp³-hybridized carbons (Fsp3) is 0.538. The number of aliphatic hydroxyl groups excluding tert-OH is 1. The quantitative estimate of drug-likeness (QED) is 0.833. The average Bonchev–Trinajstić information content (AvgIpc) is 2.64. The first-order valence-electron chi connectivity index (χ1n) is 5.80. The van der Waals surface area contributed by atoms with E-state index in [1.165, 1.54) is 12.1 Å². The molecule has 0 aromatic heterocycles. The highest BCUT2D eigenvalue weighted by Gasteiger charge is 2.22. The van der Waals surface area contributed by atoms with E-state index in [0.29, 0.717) is 11.5 Å². The first-order valence-corrected chi connectivity index (χ1v) is 5.80. The number of hydrogen-bond acceptors (Lipinski definition) is 2. The maximum absolute atomic E-state index is 13.1. The zero-order valence-corrected chi connectivity index (χ0v) is 9.78. The lowest BCUT2D eigenvalue weighted by molar-refractivity contribution is 0.199. The smallest absolute Gasteiger partial charge is 0.123 e. The van der Waals surface area contributed by atoms with Crippen LogP contribution in [0.25, 0.3) is 0 Å². The lowest BCUT2D eigenvalue weighted by Crippen LogP contribution is -2.21.